The highest BCUT2D eigenvalue weighted by Gasteiger charge is 2.13. The molecule has 0 atom stereocenters. The van der Waals surface area contributed by atoms with Crippen molar-refractivity contribution in [3.8, 4) is 0 Å². The third kappa shape index (κ3) is 4.83. The van der Waals surface area contributed by atoms with E-state index in [-0.39, 0.29) is 22.9 Å². The normalized spacial score (nSPS) is 11.6. The molecule has 11 heteroatoms. The van der Waals surface area contributed by atoms with Crippen molar-refractivity contribution in [2.24, 2.45) is 5.14 Å². The van der Waals surface area contributed by atoms with E-state index >= 15 is 0 Å². The Balaban J connectivity index is 1.43. The number of sulfonamides is 1. The lowest BCUT2D eigenvalue weighted by Gasteiger charge is -2.09. The summed E-state index contributed by atoms with van der Waals surface area (Å²) in [5.41, 5.74) is 2.68. The van der Waals surface area contributed by atoms with Crippen LogP contribution in [0.5, 0.6) is 0 Å². The molecule has 4 aromatic rings. The average molecular weight is 467 g/mol. The summed E-state index contributed by atoms with van der Waals surface area (Å²) in [6.45, 7) is 2.95. The van der Waals surface area contributed by atoms with Crippen LogP contribution < -0.4 is 16.0 Å². The van der Waals surface area contributed by atoms with Gasteiger partial charge < -0.3 is 5.32 Å². The third-order valence-corrected chi connectivity index (χ3v) is 6.21. The number of hydrogen-bond donors (Lipinski definition) is 2. The molecule has 0 fully saturated rings. The number of benzene rings is 2. The van der Waals surface area contributed by atoms with Gasteiger partial charge in [0.1, 0.15) is 11.7 Å². The Hall–Kier alpha value is -3.83. The molecule has 0 aliphatic heterocycles. The van der Waals surface area contributed by atoms with Gasteiger partial charge in [-0.3, -0.25) is 14.2 Å². The molecule has 3 N–H and O–H groups in total. The number of nitrogens with two attached hydrogens (primary N) is 1. The number of primary sulfonamides is 1. The van der Waals surface area contributed by atoms with Gasteiger partial charge in [-0.05, 0) is 42.3 Å². The molecule has 10 nitrogen and oxygen atoms in total. The molecule has 0 saturated heterocycles. The highest BCUT2D eigenvalue weighted by atomic mass is 32.2. The van der Waals surface area contributed by atoms with Crippen LogP contribution in [0.15, 0.2) is 70.7 Å². The molecule has 0 spiro atoms. The Labute approximate surface area is 189 Å². The number of aryl methyl sites for hydroxylation is 1. The van der Waals surface area contributed by atoms with E-state index in [0.717, 1.165) is 11.1 Å². The molecule has 0 saturated carbocycles. The smallest absolute Gasteiger partial charge is 0.264 e. The number of nitrogens with one attached hydrogen (secondary N) is 1. The molecule has 33 heavy (non-hydrogen) atoms. The fourth-order valence-corrected chi connectivity index (χ4v) is 3.93. The second-order valence-electron chi connectivity index (χ2n) is 7.53. The standard InChI is InChI=1S/C22H22N6O4S/c1-15-4-2-3-5-17(15)13-27-14-25-20-19(22(27)30)12-26-28(20)11-10-24-21(29)16-6-8-18(9-7-16)33(23,31)32/h2-9,12,14H,10-11,13H2,1H3,(H,24,29)(H2,23,31,32). The summed E-state index contributed by atoms with van der Waals surface area (Å²) in [5, 5.41) is 12.4. The lowest BCUT2D eigenvalue weighted by Crippen LogP contribution is -2.28. The van der Waals surface area contributed by atoms with Gasteiger partial charge in [0, 0.05) is 12.1 Å². The van der Waals surface area contributed by atoms with Crippen molar-refractivity contribution in [3.63, 3.8) is 0 Å². The molecule has 2 aromatic heterocycles. The lowest BCUT2D eigenvalue weighted by atomic mass is 10.1. The molecule has 2 heterocycles. The second kappa shape index (κ2) is 8.96. The van der Waals surface area contributed by atoms with Gasteiger partial charge in [0.05, 0.1) is 24.2 Å². The van der Waals surface area contributed by atoms with Crippen LogP contribution in [0.3, 0.4) is 0 Å². The monoisotopic (exact) mass is 466 g/mol. The van der Waals surface area contributed by atoms with Gasteiger partial charge in [-0.25, -0.2) is 23.2 Å². The average Bonchev–Trinajstić information content (AvgIpc) is 3.20. The van der Waals surface area contributed by atoms with E-state index in [1.54, 1.807) is 9.25 Å². The Kier molecular flexibility index (Phi) is 6.07. The van der Waals surface area contributed by atoms with E-state index in [2.05, 4.69) is 15.4 Å². The van der Waals surface area contributed by atoms with Crippen LogP contribution >= 0.6 is 0 Å². The van der Waals surface area contributed by atoms with Crippen LogP contribution in [0.4, 0.5) is 0 Å². The second-order valence-corrected chi connectivity index (χ2v) is 9.10. The van der Waals surface area contributed by atoms with Gasteiger partial charge in [0.25, 0.3) is 11.5 Å². The molecular formula is C22H22N6O4S. The first kappa shape index (κ1) is 22.4. The molecule has 2 aromatic carbocycles. The predicted octanol–water partition coefficient (Wildman–Crippen LogP) is 1.03. The zero-order valence-electron chi connectivity index (χ0n) is 17.8. The SMILES string of the molecule is Cc1ccccc1Cn1cnc2c(cnn2CCNC(=O)c2ccc(S(N)(=O)=O)cc2)c1=O. The summed E-state index contributed by atoms with van der Waals surface area (Å²) in [4.78, 5) is 29.5. The quantitative estimate of drug-likeness (QED) is 0.417. The molecule has 0 radical (unpaired) electrons. The van der Waals surface area contributed by atoms with Crippen molar-refractivity contribution in [1.29, 1.82) is 0 Å². The van der Waals surface area contributed by atoms with E-state index in [9.17, 15) is 18.0 Å². The summed E-state index contributed by atoms with van der Waals surface area (Å²) in [6, 6.07) is 13.2. The molecule has 1 amide bonds. The van der Waals surface area contributed by atoms with E-state index in [1.807, 2.05) is 31.2 Å². The summed E-state index contributed by atoms with van der Waals surface area (Å²) >= 11 is 0. The number of amides is 1. The first-order valence-corrected chi connectivity index (χ1v) is 11.7. The van der Waals surface area contributed by atoms with Crippen molar-refractivity contribution in [2.45, 2.75) is 24.9 Å². The van der Waals surface area contributed by atoms with Gasteiger partial charge in [-0.1, -0.05) is 24.3 Å². The minimum atomic E-state index is -3.82. The minimum absolute atomic E-state index is 0.0683. The zero-order valence-corrected chi connectivity index (χ0v) is 18.6. The van der Waals surface area contributed by atoms with Crippen molar-refractivity contribution < 1.29 is 13.2 Å². The van der Waals surface area contributed by atoms with Crippen LogP contribution in [0.2, 0.25) is 0 Å². The zero-order chi connectivity index (χ0) is 23.6. The molecule has 170 valence electrons. The highest BCUT2D eigenvalue weighted by Crippen LogP contribution is 2.11. The molecule has 0 aliphatic carbocycles. The van der Waals surface area contributed by atoms with Gasteiger partial charge in [0.15, 0.2) is 5.65 Å². The summed E-state index contributed by atoms with van der Waals surface area (Å²) in [7, 11) is -3.82. The lowest BCUT2D eigenvalue weighted by molar-refractivity contribution is 0.0952. The Bertz CT molecular complexity index is 1490. The van der Waals surface area contributed by atoms with Crippen LogP contribution in [0.25, 0.3) is 11.0 Å². The number of carbonyl (C=O) groups excluding carboxylic acids is 1. The van der Waals surface area contributed by atoms with Crippen molar-refractivity contribution in [2.75, 3.05) is 6.54 Å². The number of carbonyl (C=O) groups is 1. The molecule has 4 rings (SSSR count). The molecule has 0 bridgehead atoms. The fraction of sp³-hybridized carbons (Fsp3) is 0.182. The van der Waals surface area contributed by atoms with Crippen molar-refractivity contribution in [1.82, 2.24) is 24.6 Å². The third-order valence-electron chi connectivity index (χ3n) is 5.28. The number of hydrogen-bond acceptors (Lipinski definition) is 6. The molecular weight excluding hydrogens is 444 g/mol. The van der Waals surface area contributed by atoms with Gasteiger partial charge >= 0.3 is 0 Å². The van der Waals surface area contributed by atoms with Crippen molar-refractivity contribution >= 4 is 27.0 Å². The van der Waals surface area contributed by atoms with Gasteiger partial charge in [0.2, 0.25) is 10.0 Å². The van der Waals surface area contributed by atoms with E-state index in [0.29, 0.717) is 29.7 Å². The number of fused-ring (bicyclic) bond motifs is 1. The number of aromatic nitrogens is 4. The number of nitrogens with zero attached hydrogens (tertiary/aromatic N) is 4. The maximum Gasteiger partial charge on any atom is 0.264 e. The van der Waals surface area contributed by atoms with E-state index in [1.165, 1.54) is 36.8 Å². The molecule has 0 unspecified atom stereocenters. The maximum absolute atomic E-state index is 12.9. The Morgan fingerprint density at radius 1 is 1.12 bits per heavy atom. The molecule has 0 aliphatic rings. The Morgan fingerprint density at radius 2 is 1.85 bits per heavy atom. The van der Waals surface area contributed by atoms with Gasteiger partial charge in [-0.15, -0.1) is 0 Å². The summed E-state index contributed by atoms with van der Waals surface area (Å²) in [5.74, 6) is -0.374. The highest BCUT2D eigenvalue weighted by molar-refractivity contribution is 7.89. The van der Waals surface area contributed by atoms with Crippen LogP contribution in [-0.2, 0) is 23.1 Å². The van der Waals surface area contributed by atoms with Crippen LogP contribution in [0, 0.1) is 6.92 Å². The van der Waals surface area contributed by atoms with Crippen LogP contribution in [-0.4, -0.2) is 40.2 Å². The van der Waals surface area contributed by atoms with Crippen LogP contribution in [0.1, 0.15) is 21.5 Å². The first-order chi connectivity index (χ1) is 15.7. The summed E-state index contributed by atoms with van der Waals surface area (Å²) in [6.07, 6.45) is 2.98. The minimum Gasteiger partial charge on any atom is -0.350 e. The predicted molar refractivity (Wildman–Crippen MR) is 122 cm³/mol. The van der Waals surface area contributed by atoms with E-state index < -0.39 is 10.0 Å². The summed E-state index contributed by atoms with van der Waals surface area (Å²) < 4.78 is 25.7. The largest absolute Gasteiger partial charge is 0.350 e. The van der Waals surface area contributed by atoms with Gasteiger partial charge in [-0.2, -0.15) is 5.10 Å². The van der Waals surface area contributed by atoms with E-state index in [4.69, 9.17) is 5.14 Å². The Morgan fingerprint density at radius 3 is 2.55 bits per heavy atom. The maximum atomic E-state index is 12.9. The fourth-order valence-electron chi connectivity index (χ4n) is 3.42. The van der Waals surface area contributed by atoms with Crippen molar-refractivity contribution in [3.05, 3.63) is 88.1 Å². The number of rotatable bonds is 7. The topological polar surface area (TPSA) is 142 Å². The first-order valence-electron chi connectivity index (χ1n) is 10.1.